The van der Waals surface area contributed by atoms with Gasteiger partial charge in [0.1, 0.15) is 31.8 Å². The molecule has 6 nitrogen and oxygen atoms in total. The second kappa shape index (κ2) is 24.6. The first kappa shape index (κ1) is 60.2. The van der Waals surface area contributed by atoms with E-state index < -0.39 is 35.6 Å². The maximum absolute atomic E-state index is 11.1. The number of hydrogen-bond donors (Lipinski definition) is 2. The Kier molecular flexibility index (Phi) is 17.2. The van der Waals surface area contributed by atoms with Gasteiger partial charge in [-0.25, -0.2) is 9.59 Å². The summed E-state index contributed by atoms with van der Waals surface area (Å²) < 4.78 is 59.2. The van der Waals surface area contributed by atoms with E-state index in [1.54, 1.807) is 60.9 Å². The fourth-order valence-electron chi connectivity index (χ4n) is 10.6. The minimum atomic E-state index is -10.7. The van der Waals surface area contributed by atoms with Gasteiger partial charge < -0.3 is 10.2 Å². The molecule has 0 aliphatic carbocycles. The van der Waals surface area contributed by atoms with Crippen molar-refractivity contribution in [2.45, 2.75) is 0 Å². The predicted molar refractivity (Wildman–Crippen MR) is 342 cm³/mol. The molecule has 0 amide bonds. The number of carboxylic acid groups (broad SMARTS) is 2. The number of nitrogens with zero attached hydrogens (tertiary/aromatic N) is 2. The zero-order valence-electron chi connectivity index (χ0n) is 45.2. The summed E-state index contributed by atoms with van der Waals surface area (Å²) in [4.78, 5) is 31.4. The predicted octanol–water partition coefficient (Wildman–Crippen LogP) is 17.5. The Hall–Kier alpha value is -8.91. The third-order valence-corrected chi connectivity index (χ3v) is 19.9. The third-order valence-electron chi connectivity index (χ3n) is 14.3. The first-order valence-electron chi connectivity index (χ1n) is 26.7. The Bertz CT molecular complexity index is 4230. The molecule has 0 atom stereocenters. The van der Waals surface area contributed by atoms with Crippen LogP contribution in [0.4, 0.5) is 25.2 Å². The quantitative estimate of drug-likeness (QED) is 0.0579. The SMILES string of the molecule is F[P-](F)(F)(F)(F)F.O=C(O)c1ccc(-c2cnc3c(ccc4cc(-c5ccc(C(=O)O)cc5)cnc43)c2)cc1.[Cu+].c1ccc([PH+](c2ccccc2)c2ccc3ccccc3c2-c2c([PH+](c3ccccc3)c3ccccc3)ccc3ccccc23)cc1. The summed E-state index contributed by atoms with van der Waals surface area (Å²) in [7, 11) is -13.4. The number of rotatable bonds is 11. The van der Waals surface area contributed by atoms with E-state index in [2.05, 4.69) is 204 Å². The second-order valence-corrected chi connectivity index (χ2v) is 26.8. The van der Waals surface area contributed by atoms with Crippen LogP contribution in [0, 0.1) is 0 Å². The van der Waals surface area contributed by atoms with Crippen LogP contribution in [0.2, 0.25) is 0 Å². The Balaban J connectivity index is 0.000000179. The molecule has 86 heavy (non-hydrogen) atoms. The number of aromatic nitrogens is 2. The van der Waals surface area contributed by atoms with Crippen LogP contribution in [-0.4, -0.2) is 32.1 Å². The number of carbonyl (C=O) groups is 2. The van der Waals surface area contributed by atoms with Crippen molar-refractivity contribution in [3.05, 3.63) is 290 Å². The van der Waals surface area contributed by atoms with E-state index in [4.69, 9.17) is 10.2 Å². The smallest absolute Gasteiger partial charge is 0.478 e. The van der Waals surface area contributed by atoms with Crippen molar-refractivity contribution in [1.29, 1.82) is 0 Å². The van der Waals surface area contributed by atoms with E-state index in [1.165, 1.54) is 64.5 Å². The van der Waals surface area contributed by atoms with Gasteiger partial charge in [-0.15, -0.1) is 0 Å². The number of halogens is 6. The van der Waals surface area contributed by atoms with Crippen LogP contribution >= 0.6 is 23.7 Å². The Morgan fingerprint density at radius 2 is 0.616 bits per heavy atom. The molecule has 0 aliphatic heterocycles. The van der Waals surface area contributed by atoms with Gasteiger partial charge in [0.2, 0.25) is 0 Å². The van der Waals surface area contributed by atoms with Crippen LogP contribution in [0.15, 0.2) is 279 Å². The van der Waals surface area contributed by atoms with Crippen molar-refractivity contribution >= 4 is 111 Å². The summed E-state index contributed by atoms with van der Waals surface area (Å²) >= 11 is 0. The van der Waals surface area contributed by atoms with Crippen LogP contribution in [0.3, 0.4) is 0 Å². The number of pyridine rings is 2. The normalized spacial score (nSPS) is 12.1. The number of hydrogen-bond acceptors (Lipinski definition) is 4. The van der Waals surface area contributed by atoms with Gasteiger partial charge in [-0.1, -0.05) is 170 Å². The van der Waals surface area contributed by atoms with Crippen LogP contribution in [0.5, 0.6) is 0 Å². The van der Waals surface area contributed by atoms with Crippen LogP contribution in [-0.2, 0) is 17.1 Å². The molecular weight excluding hydrogens is 1200 g/mol. The largest absolute Gasteiger partial charge is 1.00 e. The van der Waals surface area contributed by atoms with E-state index in [1.807, 2.05) is 24.3 Å². The molecule has 16 heteroatoms. The van der Waals surface area contributed by atoms with E-state index in [9.17, 15) is 34.8 Å². The zero-order chi connectivity index (χ0) is 59.4. The van der Waals surface area contributed by atoms with Crippen molar-refractivity contribution in [3.8, 4) is 33.4 Å². The van der Waals surface area contributed by atoms with E-state index in [0.717, 1.165) is 44.1 Å². The molecular formula is C70H50CuF6N2O4P3+2. The van der Waals surface area contributed by atoms with Crippen molar-refractivity contribution in [2.24, 2.45) is 0 Å². The number of fused-ring (bicyclic) bond motifs is 5. The summed E-state index contributed by atoms with van der Waals surface area (Å²) in [6, 6.07) is 93.6. The summed E-state index contributed by atoms with van der Waals surface area (Å²) in [5, 5.41) is 33.6. The number of aromatic carboxylic acids is 2. The van der Waals surface area contributed by atoms with Gasteiger partial charge in [-0.3, -0.25) is 9.97 Å². The van der Waals surface area contributed by atoms with E-state index in [0.29, 0.717) is 0 Å². The van der Waals surface area contributed by atoms with Crippen LogP contribution < -0.4 is 31.8 Å². The van der Waals surface area contributed by atoms with Gasteiger partial charge in [0.15, 0.2) is 0 Å². The van der Waals surface area contributed by atoms with Gasteiger partial charge in [-0.05, 0) is 130 Å². The molecule has 2 heterocycles. The van der Waals surface area contributed by atoms with Crippen LogP contribution in [0.25, 0.3) is 76.7 Å². The van der Waals surface area contributed by atoms with Crippen molar-refractivity contribution < 1.29 is 62.1 Å². The molecule has 0 saturated carbocycles. The molecule has 0 saturated heterocycles. The van der Waals surface area contributed by atoms with Gasteiger partial charge in [-0.2, -0.15) is 0 Å². The maximum atomic E-state index is 11.1. The zero-order valence-corrected chi connectivity index (χ0v) is 49.0. The summed E-state index contributed by atoms with van der Waals surface area (Å²) in [6.07, 6.45) is 3.52. The first-order chi connectivity index (χ1) is 40.8. The van der Waals surface area contributed by atoms with Gasteiger partial charge in [0.25, 0.3) is 0 Å². The minimum absolute atomic E-state index is 0. The molecule has 0 aliphatic rings. The fourth-order valence-corrected chi connectivity index (χ4v) is 16.1. The Morgan fingerprint density at radius 3 is 0.919 bits per heavy atom. The summed E-state index contributed by atoms with van der Waals surface area (Å²) in [6.45, 7) is 0. The average Bonchev–Trinajstić information content (AvgIpc) is 0.833. The van der Waals surface area contributed by atoms with Gasteiger partial charge in [0.05, 0.1) is 38.0 Å². The maximum Gasteiger partial charge on any atom is 1.00 e. The topological polar surface area (TPSA) is 100 Å². The molecule has 0 unspecified atom stereocenters. The van der Waals surface area contributed by atoms with Crippen molar-refractivity contribution in [1.82, 2.24) is 9.97 Å². The van der Waals surface area contributed by atoms with Gasteiger partial charge >= 0.3 is 62.0 Å². The van der Waals surface area contributed by atoms with Crippen LogP contribution in [0.1, 0.15) is 20.7 Å². The first-order valence-corrected chi connectivity index (χ1v) is 31.8. The third kappa shape index (κ3) is 14.2. The summed E-state index contributed by atoms with van der Waals surface area (Å²) in [5.41, 5.74) is 8.35. The molecule has 0 radical (unpaired) electrons. The number of benzene rings is 11. The van der Waals surface area contributed by atoms with E-state index in [-0.39, 0.29) is 28.2 Å². The molecule has 2 N–H and O–H groups in total. The average molecular weight is 1250 g/mol. The van der Waals surface area contributed by atoms with Crippen molar-refractivity contribution in [2.75, 3.05) is 0 Å². The van der Waals surface area contributed by atoms with E-state index >= 15 is 0 Å². The molecule has 0 bridgehead atoms. The molecule has 13 aromatic rings. The Labute approximate surface area is 503 Å². The standard InChI is InChI=1S/C44H32P2.C26H16N2O4.Cu.F6P/c1-5-19-35(20-6-1)45(36-21-7-2-8-22-36)41-31-29-33-17-13-15-27-39(33)43(41)44-40-28-16-14-18-34(40)30-32-42(44)46(37-23-9-3-10-24-37)38-25-11-4-12-26-38;29-25(30)17-5-1-15(2-6-17)21-11-19-9-10-20-12-22(14-28-24(20)23(19)27-13-21)16-3-7-18(8-4-16)26(31)32;;1-7(2,3,4,5)6/h1-32H;1-14H,(H,29,30)(H,31,32);;/q;;+1;-1/p+2. The molecule has 13 rings (SSSR count). The molecule has 430 valence electrons. The molecule has 2 aromatic heterocycles. The second-order valence-electron chi connectivity index (χ2n) is 20.0. The summed E-state index contributed by atoms with van der Waals surface area (Å²) in [5.74, 6) is -1.91. The Morgan fingerprint density at radius 1 is 0.337 bits per heavy atom. The fraction of sp³-hybridized carbons (Fsp3) is 0. The van der Waals surface area contributed by atoms with Gasteiger partial charge in [0, 0.05) is 45.4 Å². The molecule has 11 aromatic carbocycles. The monoisotopic (exact) mass is 1250 g/mol. The number of carboxylic acids is 2. The molecule has 0 spiro atoms. The molecule has 0 fully saturated rings. The minimum Gasteiger partial charge on any atom is -0.478 e. The van der Waals surface area contributed by atoms with Crippen molar-refractivity contribution in [3.63, 3.8) is 0 Å².